The van der Waals surface area contributed by atoms with Crippen LogP contribution in [0.5, 0.6) is 0 Å². The molecule has 1 N–H and O–H groups in total. The normalized spacial score (nSPS) is 44.7. The fourth-order valence-electron chi connectivity index (χ4n) is 2.21. The van der Waals surface area contributed by atoms with Crippen LogP contribution in [0.2, 0.25) is 0 Å². The lowest BCUT2D eigenvalue weighted by Gasteiger charge is -2.21. The van der Waals surface area contributed by atoms with E-state index in [1.807, 2.05) is 0 Å². The van der Waals surface area contributed by atoms with Crippen molar-refractivity contribution in [3.8, 4) is 0 Å². The number of hydrogen-bond acceptors (Lipinski definition) is 3. The van der Waals surface area contributed by atoms with Gasteiger partial charge in [-0.05, 0) is 13.5 Å². The van der Waals surface area contributed by atoms with Gasteiger partial charge in [0.05, 0.1) is 6.10 Å². The van der Waals surface area contributed by atoms with Crippen LogP contribution in [0.15, 0.2) is 0 Å². The maximum atomic E-state index is 5.39. The van der Waals surface area contributed by atoms with E-state index in [1.165, 1.54) is 0 Å². The first-order chi connectivity index (χ1) is 5.33. The Labute approximate surface area is 67.7 Å². The number of nitrogens with one attached hydrogen (secondary N) is 1. The highest BCUT2D eigenvalue weighted by atomic mass is 16.7. The monoisotopic (exact) mass is 156 g/mol. The molecule has 0 aromatic carbocycles. The first-order valence-corrected chi connectivity index (χ1v) is 4.45. The molecule has 11 heavy (non-hydrogen) atoms. The molecule has 2 aliphatic rings. The molecule has 2 fully saturated rings. The van der Waals surface area contributed by atoms with Crippen LogP contribution in [0.3, 0.4) is 0 Å². The summed E-state index contributed by atoms with van der Waals surface area (Å²) in [5.41, 5.74) is 2.97. The largest absolute Gasteiger partial charge is 0.298 e. The minimum atomic E-state index is 0.449. The Bertz CT molecular complexity index is 151. The van der Waals surface area contributed by atoms with Gasteiger partial charge in [-0.1, -0.05) is 6.92 Å². The van der Waals surface area contributed by atoms with Gasteiger partial charge in [0.25, 0.3) is 0 Å². The van der Waals surface area contributed by atoms with E-state index < -0.39 is 0 Å². The number of likely N-dealkylation sites (N-methyl/N-ethyl adjacent to an activating group) is 1. The summed E-state index contributed by atoms with van der Waals surface area (Å²) in [7, 11) is 0. The second kappa shape index (κ2) is 2.73. The van der Waals surface area contributed by atoms with Crippen molar-refractivity contribution in [2.45, 2.75) is 26.0 Å². The first-order valence-electron chi connectivity index (χ1n) is 4.45. The van der Waals surface area contributed by atoms with Crippen LogP contribution in [-0.2, 0) is 4.84 Å². The Hall–Kier alpha value is -0.120. The number of likely N-dealkylation sites (tertiary alicyclic amines) is 1. The van der Waals surface area contributed by atoms with Crippen LogP contribution < -0.4 is 5.48 Å². The van der Waals surface area contributed by atoms with Crippen molar-refractivity contribution in [1.82, 2.24) is 10.4 Å². The Morgan fingerprint density at radius 3 is 3.09 bits per heavy atom. The van der Waals surface area contributed by atoms with E-state index >= 15 is 0 Å². The van der Waals surface area contributed by atoms with Crippen molar-refractivity contribution in [3.63, 3.8) is 0 Å². The van der Waals surface area contributed by atoms with Gasteiger partial charge in [-0.15, -0.1) is 0 Å². The lowest BCUT2D eigenvalue weighted by molar-refractivity contribution is 0.0282. The molecule has 0 radical (unpaired) electrons. The van der Waals surface area contributed by atoms with E-state index in [0.29, 0.717) is 12.1 Å². The Balaban J connectivity index is 2.04. The summed E-state index contributed by atoms with van der Waals surface area (Å²) in [4.78, 5) is 7.87. The van der Waals surface area contributed by atoms with Gasteiger partial charge in [0.15, 0.2) is 0 Å². The van der Waals surface area contributed by atoms with Crippen LogP contribution >= 0.6 is 0 Å². The number of nitrogens with zero attached hydrogens (tertiary/aromatic N) is 1. The maximum Gasteiger partial charge on any atom is 0.0972 e. The van der Waals surface area contributed by atoms with Crippen LogP contribution in [-0.4, -0.2) is 36.7 Å². The smallest absolute Gasteiger partial charge is 0.0972 e. The van der Waals surface area contributed by atoms with E-state index in [-0.39, 0.29) is 0 Å². The second-order valence-electron chi connectivity index (χ2n) is 3.50. The fourth-order valence-corrected chi connectivity index (χ4v) is 2.21. The number of fused-ring (bicyclic) bond motifs is 1. The Morgan fingerprint density at radius 2 is 2.45 bits per heavy atom. The minimum absolute atomic E-state index is 0.449. The number of hydroxylamine groups is 1. The fraction of sp³-hybridized carbons (Fsp3) is 1.00. The average Bonchev–Trinajstić information content (AvgIpc) is 2.53. The van der Waals surface area contributed by atoms with Gasteiger partial charge >= 0.3 is 0 Å². The third kappa shape index (κ3) is 1.08. The average molecular weight is 156 g/mol. The molecule has 2 heterocycles. The quantitative estimate of drug-likeness (QED) is 0.588. The molecule has 2 rings (SSSR count). The van der Waals surface area contributed by atoms with Crippen molar-refractivity contribution < 1.29 is 4.84 Å². The second-order valence-corrected chi connectivity index (χ2v) is 3.50. The standard InChI is InChI=1S/C8H16N2O/c1-3-10-5-8-7(6(10)2)4-9-11-8/h6-9H,3-5H2,1-2H3. The summed E-state index contributed by atoms with van der Waals surface area (Å²) < 4.78 is 0. The summed E-state index contributed by atoms with van der Waals surface area (Å²) in [5, 5.41) is 0. The highest BCUT2D eigenvalue weighted by Gasteiger charge is 2.42. The van der Waals surface area contributed by atoms with Gasteiger partial charge in [-0.25, -0.2) is 5.48 Å². The lowest BCUT2D eigenvalue weighted by atomic mass is 10.0. The van der Waals surface area contributed by atoms with Gasteiger partial charge in [0, 0.05) is 25.0 Å². The topological polar surface area (TPSA) is 24.5 Å². The van der Waals surface area contributed by atoms with Gasteiger partial charge in [0.1, 0.15) is 0 Å². The van der Waals surface area contributed by atoms with Crippen LogP contribution in [0.25, 0.3) is 0 Å². The highest BCUT2D eigenvalue weighted by molar-refractivity contribution is 4.93. The predicted molar refractivity (Wildman–Crippen MR) is 43.1 cm³/mol. The Kier molecular flexibility index (Phi) is 1.87. The van der Waals surface area contributed by atoms with Crippen LogP contribution in [0, 0.1) is 5.92 Å². The van der Waals surface area contributed by atoms with E-state index in [4.69, 9.17) is 4.84 Å². The van der Waals surface area contributed by atoms with E-state index in [9.17, 15) is 0 Å². The molecule has 3 heteroatoms. The maximum absolute atomic E-state index is 5.39. The zero-order chi connectivity index (χ0) is 7.84. The summed E-state index contributed by atoms with van der Waals surface area (Å²) in [6.45, 7) is 7.80. The summed E-state index contributed by atoms with van der Waals surface area (Å²) in [6, 6.07) is 0.694. The van der Waals surface area contributed by atoms with Crippen LogP contribution in [0.4, 0.5) is 0 Å². The van der Waals surface area contributed by atoms with E-state index in [2.05, 4.69) is 24.2 Å². The zero-order valence-electron chi connectivity index (χ0n) is 7.21. The van der Waals surface area contributed by atoms with Crippen molar-refractivity contribution in [2.24, 2.45) is 5.92 Å². The molecule has 0 aromatic heterocycles. The van der Waals surface area contributed by atoms with Gasteiger partial charge in [-0.2, -0.15) is 0 Å². The van der Waals surface area contributed by atoms with Gasteiger partial charge < -0.3 is 0 Å². The van der Waals surface area contributed by atoms with Crippen molar-refractivity contribution in [3.05, 3.63) is 0 Å². The molecule has 0 amide bonds. The van der Waals surface area contributed by atoms with Crippen molar-refractivity contribution in [1.29, 1.82) is 0 Å². The predicted octanol–water partition coefficient (Wildman–Crippen LogP) is 0.230. The summed E-state index contributed by atoms with van der Waals surface area (Å²) in [5.74, 6) is 0.718. The molecule has 0 spiro atoms. The molecule has 3 unspecified atom stereocenters. The molecule has 0 aromatic rings. The molecule has 3 atom stereocenters. The molecular weight excluding hydrogens is 140 g/mol. The third-order valence-electron chi connectivity index (χ3n) is 3.05. The molecule has 2 saturated heterocycles. The van der Waals surface area contributed by atoms with Gasteiger partial charge in [0.2, 0.25) is 0 Å². The first kappa shape index (κ1) is 7.53. The van der Waals surface area contributed by atoms with E-state index in [1.54, 1.807) is 0 Å². The molecule has 0 saturated carbocycles. The third-order valence-corrected chi connectivity index (χ3v) is 3.05. The number of rotatable bonds is 1. The van der Waals surface area contributed by atoms with E-state index in [0.717, 1.165) is 25.6 Å². The molecular formula is C8H16N2O. The molecule has 64 valence electrons. The molecule has 3 nitrogen and oxygen atoms in total. The Morgan fingerprint density at radius 1 is 1.64 bits per heavy atom. The van der Waals surface area contributed by atoms with Gasteiger partial charge in [-0.3, -0.25) is 9.74 Å². The minimum Gasteiger partial charge on any atom is -0.298 e. The molecule has 2 aliphatic heterocycles. The molecule has 0 bridgehead atoms. The SMILES string of the molecule is CCN1CC2ONCC2C1C. The van der Waals surface area contributed by atoms with Crippen LogP contribution in [0.1, 0.15) is 13.8 Å². The molecule has 0 aliphatic carbocycles. The van der Waals surface area contributed by atoms with Crippen molar-refractivity contribution in [2.75, 3.05) is 19.6 Å². The summed E-state index contributed by atoms with van der Waals surface area (Å²) >= 11 is 0. The highest BCUT2D eigenvalue weighted by Crippen LogP contribution is 2.28. The lowest BCUT2D eigenvalue weighted by Crippen LogP contribution is -2.32. The number of hydrogen-bond donors (Lipinski definition) is 1. The zero-order valence-corrected chi connectivity index (χ0v) is 7.21. The summed E-state index contributed by atoms with van der Waals surface area (Å²) in [6.07, 6.45) is 0.449. The van der Waals surface area contributed by atoms with Crippen molar-refractivity contribution >= 4 is 0 Å².